The van der Waals surface area contributed by atoms with Gasteiger partial charge < -0.3 is 14.6 Å². The van der Waals surface area contributed by atoms with E-state index in [0.29, 0.717) is 28.8 Å². The van der Waals surface area contributed by atoms with Crippen molar-refractivity contribution in [3.05, 3.63) is 51.3 Å². The van der Waals surface area contributed by atoms with Crippen molar-refractivity contribution in [2.24, 2.45) is 0 Å². The summed E-state index contributed by atoms with van der Waals surface area (Å²) in [4.78, 5) is 26.0. The second kappa shape index (κ2) is 9.93. The molecule has 0 saturated carbocycles. The molecule has 2 amide bonds. The van der Waals surface area contributed by atoms with Crippen LogP contribution in [0, 0.1) is 0 Å². The second-order valence-corrected chi connectivity index (χ2v) is 7.37. The average Bonchev–Trinajstić information content (AvgIpc) is 3.23. The lowest BCUT2D eigenvalue weighted by molar-refractivity contribution is 0.0616. The molecule has 10 heteroatoms. The van der Waals surface area contributed by atoms with E-state index in [0.717, 1.165) is 18.4 Å². The Bertz CT molecular complexity index is 877. The molecule has 1 N–H and O–H groups in total. The number of aromatic nitrogens is 1. The van der Waals surface area contributed by atoms with Crippen molar-refractivity contribution >= 4 is 35.2 Å². The fraction of sp³-hybridized carbons (Fsp3) is 0.421. The van der Waals surface area contributed by atoms with Crippen molar-refractivity contribution in [1.82, 2.24) is 15.4 Å². The monoisotopic (exact) mass is 443 g/mol. The smallest absolute Gasteiger partial charge is 0.410 e. The van der Waals surface area contributed by atoms with Gasteiger partial charge in [-0.25, -0.2) is 9.18 Å². The molecular formula is C19H20Cl2FN3O4. The first-order valence-electron chi connectivity index (χ1n) is 9.17. The maximum atomic E-state index is 12.4. The Hall–Kier alpha value is -2.32. The Morgan fingerprint density at radius 1 is 1.28 bits per heavy atom. The maximum Gasteiger partial charge on any atom is 0.410 e. The summed E-state index contributed by atoms with van der Waals surface area (Å²) in [5.41, 5.74) is 0.883. The molecule has 29 heavy (non-hydrogen) atoms. The number of amides is 2. The number of piperidine rings is 1. The third-order valence-electron chi connectivity index (χ3n) is 4.57. The molecule has 156 valence electrons. The van der Waals surface area contributed by atoms with Gasteiger partial charge in [0.2, 0.25) is 0 Å². The lowest BCUT2D eigenvalue weighted by atomic mass is 10.0. The summed E-state index contributed by atoms with van der Waals surface area (Å²) in [6.07, 6.45) is 1.74. The summed E-state index contributed by atoms with van der Waals surface area (Å²) < 4.78 is 22.5. The molecule has 1 saturated heterocycles. The number of hydrogen-bond donors (Lipinski definition) is 1. The van der Waals surface area contributed by atoms with Crippen LogP contribution in [0.4, 0.5) is 9.18 Å². The van der Waals surface area contributed by atoms with Crippen molar-refractivity contribution in [3.63, 3.8) is 0 Å². The van der Waals surface area contributed by atoms with E-state index in [1.54, 1.807) is 18.2 Å². The molecule has 7 nitrogen and oxygen atoms in total. The Morgan fingerprint density at radius 3 is 2.86 bits per heavy atom. The van der Waals surface area contributed by atoms with Crippen LogP contribution >= 0.6 is 23.2 Å². The van der Waals surface area contributed by atoms with E-state index in [4.69, 9.17) is 32.5 Å². The third kappa shape index (κ3) is 5.39. The highest BCUT2D eigenvalue weighted by molar-refractivity contribution is 6.42. The number of alkyl halides is 1. The Balaban J connectivity index is 1.64. The minimum Gasteiger partial charge on any atom is -0.447 e. The van der Waals surface area contributed by atoms with Gasteiger partial charge in [0.15, 0.2) is 11.5 Å². The highest BCUT2D eigenvalue weighted by Crippen LogP contribution is 2.32. The van der Waals surface area contributed by atoms with Gasteiger partial charge in [-0.3, -0.25) is 9.69 Å². The lowest BCUT2D eigenvalue weighted by Crippen LogP contribution is -2.39. The van der Waals surface area contributed by atoms with Crippen molar-refractivity contribution in [2.45, 2.75) is 31.8 Å². The summed E-state index contributed by atoms with van der Waals surface area (Å²) >= 11 is 11.9. The van der Waals surface area contributed by atoms with Gasteiger partial charge in [-0.1, -0.05) is 34.4 Å². The van der Waals surface area contributed by atoms with Crippen LogP contribution in [-0.2, 0) is 11.3 Å². The molecule has 0 radical (unpaired) electrons. The van der Waals surface area contributed by atoms with Crippen molar-refractivity contribution in [3.8, 4) is 0 Å². The molecule has 2 heterocycles. The van der Waals surface area contributed by atoms with Gasteiger partial charge in [0.05, 0.1) is 16.1 Å². The molecule has 1 unspecified atom stereocenters. The van der Waals surface area contributed by atoms with E-state index in [9.17, 15) is 14.0 Å². The first-order valence-corrected chi connectivity index (χ1v) is 9.93. The predicted octanol–water partition coefficient (Wildman–Crippen LogP) is 4.54. The number of hydrogen-bond acceptors (Lipinski definition) is 5. The number of carbonyl (C=O) groups is 2. The van der Waals surface area contributed by atoms with E-state index in [1.807, 2.05) is 0 Å². The number of carbonyl (C=O) groups excluding carboxylic acids is 2. The van der Waals surface area contributed by atoms with Crippen molar-refractivity contribution in [2.75, 3.05) is 19.8 Å². The summed E-state index contributed by atoms with van der Waals surface area (Å²) in [7, 11) is 0. The molecule has 3 rings (SSSR count). The number of likely N-dealkylation sites (tertiary alicyclic amines) is 1. The van der Waals surface area contributed by atoms with Gasteiger partial charge in [-0.05, 0) is 37.0 Å². The van der Waals surface area contributed by atoms with Crippen LogP contribution in [0.25, 0.3) is 0 Å². The quantitative estimate of drug-likeness (QED) is 0.707. The number of halogens is 3. The SMILES string of the molecule is O=C(NCc1ccc(Cl)c(Cl)c1)c1cc(C2CCCCN2C(=O)OCCF)on1. The fourth-order valence-electron chi connectivity index (χ4n) is 3.13. The highest BCUT2D eigenvalue weighted by atomic mass is 35.5. The Labute approximate surface area is 177 Å². The zero-order valence-corrected chi connectivity index (χ0v) is 17.0. The predicted molar refractivity (Wildman–Crippen MR) is 105 cm³/mol. The fourth-order valence-corrected chi connectivity index (χ4v) is 3.45. The topological polar surface area (TPSA) is 84.7 Å². The van der Waals surface area contributed by atoms with Gasteiger partial charge in [-0.2, -0.15) is 0 Å². The van der Waals surface area contributed by atoms with Crippen LogP contribution in [-0.4, -0.2) is 41.9 Å². The first-order chi connectivity index (χ1) is 14.0. The number of nitrogens with zero attached hydrogens (tertiary/aromatic N) is 2. The molecule has 1 aliphatic heterocycles. The minimum absolute atomic E-state index is 0.0997. The van der Waals surface area contributed by atoms with Gasteiger partial charge in [0.1, 0.15) is 13.3 Å². The first kappa shape index (κ1) is 21.4. The molecule has 2 aromatic rings. The Kier molecular flexibility index (Phi) is 7.33. The maximum absolute atomic E-state index is 12.4. The molecule has 1 fully saturated rings. The second-order valence-electron chi connectivity index (χ2n) is 6.55. The van der Waals surface area contributed by atoms with Crippen LogP contribution in [0.15, 0.2) is 28.8 Å². The van der Waals surface area contributed by atoms with E-state index >= 15 is 0 Å². The van der Waals surface area contributed by atoms with E-state index < -0.39 is 24.7 Å². The van der Waals surface area contributed by atoms with Crippen LogP contribution in [0.1, 0.15) is 47.1 Å². The molecule has 0 bridgehead atoms. The van der Waals surface area contributed by atoms with E-state index in [1.165, 1.54) is 11.0 Å². The number of nitrogens with one attached hydrogen (secondary N) is 1. The molecule has 1 atom stereocenters. The number of ether oxygens (including phenoxy) is 1. The molecule has 0 spiro atoms. The molecule has 1 aliphatic rings. The molecule has 0 aliphatic carbocycles. The van der Waals surface area contributed by atoms with Crippen LogP contribution in [0.2, 0.25) is 10.0 Å². The van der Waals surface area contributed by atoms with Gasteiger partial charge in [0, 0.05) is 19.2 Å². The van der Waals surface area contributed by atoms with Gasteiger partial charge in [0.25, 0.3) is 5.91 Å². The summed E-state index contributed by atoms with van der Waals surface area (Å²) in [5.74, 6) is -0.0324. The third-order valence-corrected chi connectivity index (χ3v) is 5.31. The van der Waals surface area contributed by atoms with E-state index in [-0.39, 0.29) is 18.8 Å². The largest absolute Gasteiger partial charge is 0.447 e. The minimum atomic E-state index is -0.740. The molecule has 1 aromatic carbocycles. The molecular weight excluding hydrogens is 424 g/mol. The highest BCUT2D eigenvalue weighted by Gasteiger charge is 2.32. The van der Waals surface area contributed by atoms with Crippen molar-refractivity contribution in [1.29, 1.82) is 0 Å². The zero-order valence-electron chi connectivity index (χ0n) is 15.5. The number of rotatable bonds is 6. The summed E-state index contributed by atoms with van der Waals surface area (Å²) in [5, 5.41) is 7.39. The van der Waals surface area contributed by atoms with Gasteiger partial charge >= 0.3 is 6.09 Å². The van der Waals surface area contributed by atoms with Crippen LogP contribution in [0.3, 0.4) is 0 Å². The van der Waals surface area contributed by atoms with E-state index in [2.05, 4.69) is 10.5 Å². The summed E-state index contributed by atoms with van der Waals surface area (Å²) in [6, 6.07) is 6.18. The Morgan fingerprint density at radius 2 is 2.10 bits per heavy atom. The number of benzene rings is 1. The average molecular weight is 444 g/mol. The van der Waals surface area contributed by atoms with Gasteiger partial charge in [-0.15, -0.1) is 0 Å². The van der Waals surface area contributed by atoms with Crippen molar-refractivity contribution < 1.29 is 23.2 Å². The molecule has 1 aromatic heterocycles. The standard InChI is InChI=1S/C19H20Cl2FN3O4/c20-13-5-4-12(9-14(13)21)11-23-18(26)15-10-17(29-24-15)16-3-1-2-7-25(16)19(27)28-8-6-22/h4-5,9-10,16H,1-3,6-8,11H2,(H,23,26). The zero-order chi connectivity index (χ0) is 20.8. The van der Waals surface area contributed by atoms with Crippen LogP contribution in [0.5, 0.6) is 0 Å². The summed E-state index contributed by atoms with van der Waals surface area (Å²) in [6.45, 7) is -0.325. The lowest BCUT2D eigenvalue weighted by Gasteiger charge is -2.33. The van der Waals surface area contributed by atoms with Crippen LogP contribution < -0.4 is 5.32 Å². The normalized spacial score (nSPS) is 16.5.